The van der Waals surface area contributed by atoms with E-state index in [-0.39, 0.29) is 44.7 Å². The van der Waals surface area contributed by atoms with Crippen LogP contribution in [0.4, 0.5) is 0 Å². The van der Waals surface area contributed by atoms with Crippen molar-refractivity contribution in [1.82, 2.24) is 0 Å². The molecule has 2 aliphatic carbocycles. The zero-order valence-corrected chi connectivity index (χ0v) is 30.2. The third-order valence-electron chi connectivity index (χ3n) is 11.3. The van der Waals surface area contributed by atoms with E-state index in [9.17, 15) is 30.6 Å². The second-order valence-electron chi connectivity index (χ2n) is 14.7. The smallest absolute Gasteiger partial charge is 0.169 e. The standard InChI is InChI=1S/C48H42O6/c1-26-13-14-36-25-37(22-21-34(36)23-26)40-42(45(51)28(3)50)38(27(2)49)39(43-44(40)48(54)47(53)41(46(43)52)31-10-5-4-6-11-31)32-18-15-30(16-19-32)35-20-17-29-9-7-8-12-33(29)24-35/h4-22,24,26,34,36-37,49-54H,2,23,25H2,1,3H3/b45-28-/t26-,34?,36?,37?/m0/s1. The summed E-state index contributed by atoms with van der Waals surface area (Å²) in [4.78, 5) is 0. The summed E-state index contributed by atoms with van der Waals surface area (Å²) in [6.07, 6.45) is 10.2. The Morgan fingerprint density at radius 1 is 0.574 bits per heavy atom. The van der Waals surface area contributed by atoms with Crippen LogP contribution in [-0.2, 0) is 0 Å². The average molecular weight is 715 g/mol. The number of aliphatic hydroxyl groups is 3. The van der Waals surface area contributed by atoms with Crippen molar-refractivity contribution in [2.24, 2.45) is 17.8 Å². The normalized spacial score (nSPS) is 19.8. The summed E-state index contributed by atoms with van der Waals surface area (Å²) < 4.78 is 0. The molecule has 0 fully saturated rings. The number of rotatable bonds is 6. The Hall–Kier alpha value is -6.40. The van der Waals surface area contributed by atoms with Crippen LogP contribution in [0.15, 0.2) is 134 Å². The Bertz CT molecular complexity index is 2560. The lowest BCUT2D eigenvalue weighted by atomic mass is 9.68. The van der Waals surface area contributed by atoms with Crippen LogP contribution in [0.5, 0.6) is 17.2 Å². The van der Waals surface area contributed by atoms with Crippen LogP contribution in [0, 0.1) is 17.8 Å². The van der Waals surface area contributed by atoms with E-state index in [1.54, 1.807) is 24.3 Å². The maximum Gasteiger partial charge on any atom is 0.169 e. The largest absolute Gasteiger partial charge is 0.509 e. The monoisotopic (exact) mass is 714 g/mol. The first-order chi connectivity index (χ1) is 26.0. The van der Waals surface area contributed by atoms with Crippen LogP contribution in [0.1, 0.15) is 49.3 Å². The summed E-state index contributed by atoms with van der Waals surface area (Å²) >= 11 is 0. The summed E-state index contributed by atoms with van der Waals surface area (Å²) in [5.74, 6) is -2.25. The van der Waals surface area contributed by atoms with E-state index >= 15 is 0 Å². The molecule has 0 radical (unpaired) electrons. The molecule has 0 spiro atoms. The number of phenols is 3. The number of allylic oxidation sites excluding steroid dienone is 5. The Kier molecular flexibility index (Phi) is 8.69. The lowest BCUT2D eigenvalue weighted by Crippen LogP contribution is -2.24. The Morgan fingerprint density at radius 2 is 1.19 bits per heavy atom. The third-order valence-corrected chi connectivity index (χ3v) is 11.3. The number of fused-ring (bicyclic) bond motifs is 3. The van der Waals surface area contributed by atoms with E-state index in [1.165, 1.54) is 6.92 Å². The van der Waals surface area contributed by atoms with Crippen molar-refractivity contribution in [1.29, 1.82) is 0 Å². The van der Waals surface area contributed by atoms with Gasteiger partial charge < -0.3 is 30.6 Å². The predicted octanol–water partition coefficient (Wildman–Crippen LogP) is 12.3. The lowest BCUT2D eigenvalue weighted by Gasteiger charge is -2.36. The Balaban J connectivity index is 1.47. The minimum absolute atomic E-state index is 0.0180. The Labute approximate surface area is 314 Å². The highest BCUT2D eigenvalue weighted by Gasteiger charge is 2.37. The third kappa shape index (κ3) is 5.75. The molecule has 6 aromatic carbocycles. The van der Waals surface area contributed by atoms with Gasteiger partial charge in [0.25, 0.3) is 0 Å². The highest BCUT2D eigenvalue weighted by atomic mass is 16.3. The predicted molar refractivity (Wildman–Crippen MR) is 219 cm³/mol. The molecule has 0 amide bonds. The molecule has 6 heteroatoms. The van der Waals surface area contributed by atoms with Crippen LogP contribution < -0.4 is 0 Å². The average Bonchev–Trinajstić information content (AvgIpc) is 3.18. The minimum atomic E-state index is -0.528. The van der Waals surface area contributed by atoms with Gasteiger partial charge >= 0.3 is 0 Å². The summed E-state index contributed by atoms with van der Waals surface area (Å²) in [5.41, 5.74) is 3.71. The number of hydrogen-bond donors (Lipinski definition) is 6. The molecule has 0 heterocycles. The van der Waals surface area contributed by atoms with Crippen molar-refractivity contribution in [3.05, 3.63) is 150 Å². The number of phenolic OH excluding ortho intramolecular Hbond substituents is 3. The first kappa shape index (κ1) is 34.7. The van der Waals surface area contributed by atoms with Gasteiger partial charge in [0.05, 0.1) is 5.56 Å². The molecule has 0 saturated heterocycles. The van der Waals surface area contributed by atoms with Crippen molar-refractivity contribution in [2.45, 2.75) is 32.6 Å². The Morgan fingerprint density at radius 3 is 1.89 bits per heavy atom. The molecule has 2 aliphatic rings. The number of benzene rings is 6. The van der Waals surface area contributed by atoms with E-state index in [1.807, 2.05) is 48.5 Å². The van der Waals surface area contributed by atoms with Crippen LogP contribution in [0.3, 0.4) is 0 Å². The van der Waals surface area contributed by atoms with E-state index in [4.69, 9.17) is 0 Å². The zero-order chi connectivity index (χ0) is 37.8. The molecular weight excluding hydrogens is 673 g/mol. The second kappa shape index (κ2) is 13.5. The first-order valence-electron chi connectivity index (χ1n) is 18.3. The van der Waals surface area contributed by atoms with Gasteiger partial charge in [-0.15, -0.1) is 0 Å². The lowest BCUT2D eigenvalue weighted by molar-refractivity contribution is 0.338. The van der Waals surface area contributed by atoms with E-state index < -0.39 is 34.7 Å². The van der Waals surface area contributed by atoms with Crippen molar-refractivity contribution < 1.29 is 30.6 Å². The number of hydrogen-bond acceptors (Lipinski definition) is 6. The van der Waals surface area contributed by atoms with Crippen molar-refractivity contribution in [3.8, 4) is 50.6 Å². The molecular formula is C48H42O6. The zero-order valence-electron chi connectivity index (χ0n) is 30.2. The van der Waals surface area contributed by atoms with Gasteiger partial charge in [-0.1, -0.05) is 129 Å². The molecule has 0 aromatic heterocycles. The molecule has 8 rings (SSSR count). The van der Waals surface area contributed by atoms with E-state index in [0.29, 0.717) is 34.9 Å². The van der Waals surface area contributed by atoms with Crippen LogP contribution in [0.2, 0.25) is 0 Å². The van der Waals surface area contributed by atoms with E-state index in [2.05, 4.69) is 62.1 Å². The fourth-order valence-corrected chi connectivity index (χ4v) is 8.67. The van der Waals surface area contributed by atoms with Gasteiger partial charge in [-0.05, 0) is 82.2 Å². The minimum Gasteiger partial charge on any atom is -0.509 e. The highest BCUT2D eigenvalue weighted by molar-refractivity contribution is 6.15. The van der Waals surface area contributed by atoms with Gasteiger partial charge in [0.1, 0.15) is 17.3 Å². The first-order valence-corrected chi connectivity index (χ1v) is 18.3. The van der Waals surface area contributed by atoms with Gasteiger partial charge in [0, 0.05) is 33.4 Å². The molecule has 0 saturated carbocycles. The molecule has 0 bridgehead atoms. The maximum absolute atomic E-state index is 12.4. The van der Waals surface area contributed by atoms with Crippen LogP contribution >= 0.6 is 0 Å². The van der Waals surface area contributed by atoms with Crippen molar-refractivity contribution in [3.63, 3.8) is 0 Å². The number of aromatic hydroxyl groups is 3. The second-order valence-corrected chi connectivity index (χ2v) is 14.7. The highest BCUT2D eigenvalue weighted by Crippen LogP contribution is 2.58. The number of aliphatic hydroxyl groups excluding tert-OH is 3. The van der Waals surface area contributed by atoms with Gasteiger partial charge in [0.15, 0.2) is 17.3 Å². The van der Waals surface area contributed by atoms with Crippen molar-refractivity contribution >= 4 is 33.1 Å². The molecule has 270 valence electrons. The topological polar surface area (TPSA) is 121 Å². The van der Waals surface area contributed by atoms with Crippen LogP contribution in [-0.4, -0.2) is 30.6 Å². The van der Waals surface area contributed by atoms with Gasteiger partial charge in [0.2, 0.25) is 0 Å². The molecule has 6 aromatic rings. The molecule has 0 aliphatic heterocycles. The molecule has 6 N–H and O–H groups in total. The van der Waals surface area contributed by atoms with Crippen molar-refractivity contribution in [2.75, 3.05) is 0 Å². The molecule has 54 heavy (non-hydrogen) atoms. The van der Waals surface area contributed by atoms with Gasteiger partial charge in [-0.2, -0.15) is 0 Å². The SMILES string of the molecule is C=C(O)c1c(/C(O)=C(\C)O)c(C2C=CC3C[C@@H](C)C=CC3C2)c2c(O)c(O)c(-c3ccccc3)c(O)c2c1-c1ccc(-c2ccc3ccccc3c2)cc1. The summed E-state index contributed by atoms with van der Waals surface area (Å²) in [7, 11) is 0. The quantitative estimate of drug-likeness (QED) is 0.0442. The van der Waals surface area contributed by atoms with Gasteiger partial charge in [-0.3, -0.25) is 0 Å². The molecule has 6 nitrogen and oxygen atoms in total. The summed E-state index contributed by atoms with van der Waals surface area (Å²) in [6.45, 7) is 7.47. The summed E-state index contributed by atoms with van der Waals surface area (Å²) in [6, 6.07) is 30.7. The van der Waals surface area contributed by atoms with Gasteiger partial charge in [-0.25, -0.2) is 0 Å². The molecule has 4 atom stereocenters. The molecule has 3 unspecified atom stereocenters. The van der Waals surface area contributed by atoms with E-state index in [0.717, 1.165) is 28.3 Å². The fourth-order valence-electron chi connectivity index (χ4n) is 8.67. The summed E-state index contributed by atoms with van der Waals surface area (Å²) in [5, 5.41) is 73.1. The maximum atomic E-state index is 12.4. The van der Waals surface area contributed by atoms with Crippen LogP contribution in [0.25, 0.3) is 66.4 Å². The fraction of sp³-hybridized carbons (Fsp3) is 0.167.